The van der Waals surface area contributed by atoms with Gasteiger partial charge in [0.05, 0.1) is 30.4 Å². The Morgan fingerprint density at radius 1 is 0.865 bits per heavy atom. The van der Waals surface area contributed by atoms with Crippen molar-refractivity contribution in [3.63, 3.8) is 0 Å². The van der Waals surface area contributed by atoms with E-state index in [1.165, 1.54) is 12.1 Å². The van der Waals surface area contributed by atoms with Crippen molar-refractivity contribution >= 4 is 11.4 Å². The van der Waals surface area contributed by atoms with E-state index < -0.39 is 11.6 Å². The van der Waals surface area contributed by atoms with Crippen LogP contribution in [0.5, 0.6) is 11.5 Å². The third-order valence-corrected chi connectivity index (χ3v) is 5.76. The number of benzene rings is 4. The Morgan fingerprint density at radius 2 is 1.59 bits per heavy atom. The van der Waals surface area contributed by atoms with Gasteiger partial charge in [-0.2, -0.15) is 5.26 Å². The maximum atomic E-state index is 14.9. The molecule has 5 aromatic rings. The van der Waals surface area contributed by atoms with E-state index in [0.717, 1.165) is 11.6 Å². The maximum Gasteiger partial charge on any atom is 0.153 e. The lowest BCUT2D eigenvalue weighted by atomic mass is 10.1. The lowest BCUT2D eigenvalue weighted by Crippen LogP contribution is -2.21. The molecule has 0 N–H and O–H groups in total. The molecule has 5 rings (SSSR count). The summed E-state index contributed by atoms with van der Waals surface area (Å²) in [6, 6.07) is 29.4. The van der Waals surface area contributed by atoms with Crippen LogP contribution in [0.25, 0.3) is 0 Å². The van der Waals surface area contributed by atoms with Crippen LogP contribution in [-0.4, -0.2) is 14.8 Å². The molecule has 6 nitrogen and oxygen atoms in total. The SMILES string of the molecule is N#Cc1ccc(Cn2cnnc2CN(c2ccc(Oc3ccccc3)cc2)c2ccc(F)cc2F)cc1. The van der Waals surface area contributed by atoms with E-state index in [-0.39, 0.29) is 12.2 Å². The summed E-state index contributed by atoms with van der Waals surface area (Å²) in [6.45, 7) is 0.648. The molecule has 182 valence electrons. The van der Waals surface area contributed by atoms with Crippen LogP contribution in [-0.2, 0) is 13.1 Å². The quantitative estimate of drug-likeness (QED) is 0.243. The van der Waals surface area contributed by atoms with Crippen LogP contribution in [0.15, 0.2) is 103 Å². The predicted octanol–water partition coefficient (Wildman–Crippen LogP) is 6.61. The highest BCUT2D eigenvalue weighted by atomic mass is 19.1. The fraction of sp³-hybridized carbons (Fsp3) is 0.0690. The molecule has 0 atom stereocenters. The zero-order valence-electron chi connectivity index (χ0n) is 19.6. The Kier molecular flexibility index (Phi) is 6.86. The molecule has 4 aromatic carbocycles. The number of halogens is 2. The monoisotopic (exact) mass is 493 g/mol. The molecule has 1 heterocycles. The molecule has 0 radical (unpaired) electrons. The molecule has 0 aliphatic carbocycles. The lowest BCUT2D eigenvalue weighted by molar-refractivity contribution is 0.482. The van der Waals surface area contributed by atoms with Gasteiger partial charge in [0.2, 0.25) is 0 Å². The van der Waals surface area contributed by atoms with Gasteiger partial charge in [-0.15, -0.1) is 10.2 Å². The van der Waals surface area contributed by atoms with Gasteiger partial charge in [0.15, 0.2) is 5.82 Å². The molecule has 0 fully saturated rings. The van der Waals surface area contributed by atoms with E-state index in [9.17, 15) is 8.78 Å². The highest BCUT2D eigenvalue weighted by Gasteiger charge is 2.18. The Balaban J connectivity index is 1.44. The van der Waals surface area contributed by atoms with Crippen molar-refractivity contribution in [3.05, 3.63) is 132 Å². The summed E-state index contributed by atoms with van der Waals surface area (Å²) < 4.78 is 36.3. The molecule has 0 bridgehead atoms. The number of ether oxygens (including phenoxy) is 1. The topological polar surface area (TPSA) is 67.0 Å². The molecule has 0 amide bonds. The van der Waals surface area contributed by atoms with E-state index in [1.807, 2.05) is 59.2 Å². The molecule has 0 aliphatic rings. The van der Waals surface area contributed by atoms with E-state index in [0.29, 0.717) is 35.1 Å². The molecule has 0 aliphatic heterocycles. The molecule has 0 spiro atoms. The predicted molar refractivity (Wildman–Crippen MR) is 135 cm³/mol. The fourth-order valence-electron chi connectivity index (χ4n) is 3.89. The van der Waals surface area contributed by atoms with Gasteiger partial charge in [-0.1, -0.05) is 30.3 Å². The van der Waals surface area contributed by atoms with Gasteiger partial charge in [0, 0.05) is 11.8 Å². The number of nitrogens with zero attached hydrogens (tertiary/aromatic N) is 5. The zero-order chi connectivity index (χ0) is 25.6. The highest BCUT2D eigenvalue weighted by Crippen LogP contribution is 2.32. The first-order valence-electron chi connectivity index (χ1n) is 11.5. The van der Waals surface area contributed by atoms with Gasteiger partial charge < -0.3 is 14.2 Å². The van der Waals surface area contributed by atoms with Crippen molar-refractivity contribution in [3.8, 4) is 17.6 Å². The fourth-order valence-corrected chi connectivity index (χ4v) is 3.89. The Morgan fingerprint density at radius 3 is 2.30 bits per heavy atom. The summed E-state index contributed by atoms with van der Waals surface area (Å²) in [6.07, 6.45) is 1.60. The van der Waals surface area contributed by atoms with Crippen LogP contribution in [0.3, 0.4) is 0 Å². The van der Waals surface area contributed by atoms with Gasteiger partial charge in [0.1, 0.15) is 29.5 Å². The van der Waals surface area contributed by atoms with Crippen LogP contribution in [0.1, 0.15) is 17.0 Å². The van der Waals surface area contributed by atoms with Crippen molar-refractivity contribution in [2.45, 2.75) is 13.1 Å². The average molecular weight is 494 g/mol. The number of nitriles is 1. The molecule has 0 unspecified atom stereocenters. The Hall–Kier alpha value is -5.03. The summed E-state index contributed by atoms with van der Waals surface area (Å²) in [5.41, 5.74) is 2.40. The lowest BCUT2D eigenvalue weighted by Gasteiger charge is -2.25. The van der Waals surface area contributed by atoms with Gasteiger partial charge in [0.25, 0.3) is 0 Å². The molecule has 0 saturated heterocycles. The number of para-hydroxylation sites is 1. The van der Waals surface area contributed by atoms with Crippen molar-refractivity contribution in [2.24, 2.45) is 0 Å². The second kappa shape index (κ2) is 10.7. The first-order chi connectivity index (χ1) is 18.1. The first-order valence-corrected chi connectivity index (χ1v) is 11.5. The van der Waals surface area contributed by atoms with Gasteiger partial charge in [-0.25, -0.2) is 8.78 Å². The molecule has 1 aromatic heterocycles. The standard InChI is InChI=1S/C29H21F2N5O/c30-23-10-15-28(27(31)16-23)36(24-11-13-26(14-12-24)37-25-4-2-1-3-5-25)19-29-34-33-20-35(29)18-22-8-6-21(17-32)7-9-22/h1-16,20H,18-19H2. The number of hydrogen-bond acceptors (Lipinski definition) is 5. The second-order valence-corrected chi connectivity index (χ2v) is 8.27. The van der Waals surface area contributed by atoms with Gasteiger partial charge in [-0.05, 0) is 66.2 Å². The minimum atomic E-state index is -0.692. The van der Waals surface area contributed by atoms with E-state index in [1.54, 1.807) is 35.5 Å². The molecule has 37 heavy (non-hydrogen) atoms. The molecule has 8 heteroatoms. The van der Waals surface area contributed by atoms with Crippen LogP contribution in [0.2, 0.25) is 0 Å². The number of rotatable bonds is 8. The average Bonchev–Trinajstić information content (AvgIpc) is 3.35. The van der Waals surface area contributed by atoms with Crippen LogP contribution >= 0.6 is 0 Å². The second-order valence-electron chi connectivity index (χ2n) is 8.27. The van der Waals surface area contributed by atoms with E-state index in [2.05, 4.69) is 16.3 Å². The summed E-state index contributed by atoms with van der Waals surface area (Å²) in [4.78, 5) is 1.71. The van der Waals surface area contributed by atoms with Crippen LogP contribution < -0.4 is 9.64 Å². The zero-order valence-corrected chi connectivity index (χ0v) is 19.6. The summed E-state index contributed by atoms with van der Waals surface area (Å²) in [7, 11) is 0. The molecular weight excluding hydrogens is 472 g/mol. The van der Waals surface area contributed by atoms with Crippen molar-refractivity contribution < 1.29 is 13.5 Å². The number of aromatic nitrogens is 3. The normalized spacial score (nSPS) is 10.6. The van der Waals surface area contributed by atoms with Crippen molar-refractivity contribution in [1.82, 2.24) is 14.8 Å². The minimum absolute atomic E-state index is 0.178. The smallest absolute Gasteiger partial charge is 0.153 e. The third kappa shape index (κ3) is 5.63. The highest BCUT2D eigenvalue weighted by molar-refractivity contribution is 5.64. The maximum absolute atomic E-state index is 14.9. The molecule has 0 saturated carbocycles. The number of hydrogen-bond donors (Lipinski definition) is 0. The Bertz CT molecular complexity index is 1530. The van der Waals surface area contributed by atoms with Crippen molar-refractivity contribution in [1.29, 1.82) is 5.26 Å². The van der Waals surface area contributed by atoms with Crippen LogP contribution in [0, 0.1) is 23.0 Å². The largest absolute Gasteiger partial charge is 0.457 e. The number of anilines is 2. The summed E-state index contributed by atoms with van der Waals surface area (Å²) in [5, 5.41) is 17.3. The van der Waals surface area contributed by atoms with Crippen LogP contribution in [0.4, 0.5) is 20.2 Å². The summed E-state index contributed by atoms with van der Waals surface area (Å²) >= 11 is 0. The first kappa shape index (κ1) is 23.7. The van der Waals surface area contributed by atoms with Gasteiger partial charge in [-0.3, -0.25) is 0 Å². The third-order valence-electron chi connectivity index (χ3n) is 5.76. The van der Waals surface area contributed by atoms with E-state index >= 15 is 0 Å². The summed E-state index contributed by atoms with van der Waals surface area (Å²) in [5.74, 6) is 0.559. The Labute approximate surface area is 212 Å². The van der Waals surface area contributed by atoms with Gasteiger partial charge >= 0.3 is 0 Å². The van der Waals surface area contributed by atoms with E-state index in [4.69, 9.17) is 10.00 Å². The van der Waals surface area contributed by atoms with Crippen molar-refractivity contribution in [2.75, 3.05) is 4.90 Å². The minimum Gasteiger partial charge on any atom is -0.457 e. The molecular formula is C29H21F2N5O.